The van der Waals surface area contributed by atoms with Gasteiger partial charge in [-0.05, 0) is 36.3 Å². The zero-order valence-electron chi connectivity index (χ0n) is 15.5. The second-order valence-electron chi connectivity index (χ2n) is 6.60. The van der Waals surface area contributed by atoms with Crippen molar-refractivity contribution in [1.29, 1.82) is 0 Å². The molecule has 27 heavy (non-hydrogen) atoms. The highest BCUT2D eigenvalue weighted by Crippen LogP contribution is 2.18. The van der Waals surface area contributed by atoms with Gasteiger partial charge < -0.3 is 9.13 Å². The highest BCUT2D eigenvalue weighted by molar-refractivity contribution is 5.79. The largest absolute Gasteiger partial charge is 0.328 e. The lowest BCUT2D eigenvalue weighted by molar-refractivity contribution is 0.718. The zero-order chi connectivity index (χ0) is 18.8. The third kappa shape index (κ3) is 3.36. The molecule has 0 amide bonds. The number of nitrogens with zero attached hydrogens (tertiary/aromatic N) is 4. The van der Waals surface area contributed by atoms with Crippen LogP contribution in [0.1, 0.15) is 23.9 Å². The van der Waals surface area contributed by atoms with Crippen molar-refractivity contribution in [2.24, 2.45) is 7.05 Å². The maximum Gasteiger partial charge on any atom is 0.328 e. The number of hydrogen-bond donors (Lipinski definition) is 0. The van der Waals surface area contributed by atoms with Crippen molar-refractivity contribution in [1.82, 2.24) is 18.7 Å². The molecule has 2 aromatic carbocycles. The number of fused-ring (bicyclic) bond motifs is 1. The predicted molar refractivity (Wildman–Crippen MR) is 110 cm³/mol. The van der Waals surface area contributed by atoms with Gasteiger partial charge in [0.15, 0.2) is 0 Å². The first-order valence-electron chi connectivity index (χ1n) is 9.10. The van der Waals surface area contributed by atoms with Gasteiger partial charge in [-0.15, -0.1) is 0 Å². The number of aryl methyl sites for hydroxylation is 2. The number of rotatable bonds is 5. The minimum atomic E-state index is -0.00237. The summed E-state index contributed by atoms with van der Waals surface area (Å²) < 4.78 is 5.49. The van der Waals surface area contributed by atoms with Crippen LogP contribution in [0.5, 0.6) is 0 Å². The van der Waals surface area contributed by atoms with Crippen LogP contribution in [0.3, 0.4) is 0 Å². The molecule has 0 radical (unpaired) electrons. The summed E-state index contributed by atoms with van der Waals surface area (Å²) in [7, 11) is 1.76. The third-order valence-electron chi connectivity index (χ3n) is 4.78. The van der Waals surface area contributed by atoms with Crippen LogP contribution in [0, 0.1) is 0 Å². The lowest BCUT2D eigenvalue weighted by Gasteiger charge is -2.03. The SMILES string of the molecule is CCn1c(/C=C/c2ccc(Cn3ccn(C)c3=O)cc2)nc2ccccc21. The Morgan fingerprint density at radius 2 is 1.78 bits per heavy atom. The molecule has 0 aliphatic rings. The van der Waals surface area contributed by atoms with Crippen molar-refractivity contribution >= 4 is 23.2 Å². The van der Waals surface area contributed by atoms with Crippen molar-refractivity contribution in [3.8, 4) is 0 Å². The molecule has 0 aliphatic heterocycles. The fourth-order valence-electron chi connectivity index (χ4n) is 3.29. The Bertz CT molecular complexity index is 1160. The van der Waals surface area contributed by atoms with Gasteiger partial charge in [0.05, 0.1) is 17.6 Å². The Morgan fingerprint density at radius 1 is 1.00 bits per heavy atom. The van der Waals surface area contributed by atoms with Crippen LogP contribution in [0.25, 0.3) is 23.2 Å². The Kier molecular flexibility index (Phi) is 4.50. The zero-order valence-corrected chi connectivity index (χ0v) is 15.5. The van der Waals surface area contributed by atoms with E-state index in [0.29, 0.717) is 6.54 Å². The Labute approximate surface area is 157 Å². The van der Waals surface area contributed by atoms with E-state index < -0.39 is 0 Å². The van der Waals surface area contributed by atoms with Gasteiger partial charge in [0.2, 0.25) is 0 Å². The van der Waals surface area contributed by atoms with Gasteiger partial charge in [0.1, 0.15) is 5.82 Å². The molecule has 0 saturated heterocycles. The molecule has 0 bridgehead atoms. The topological polar surface area (TPSA) is 44.8 Å². The molecule has 5 heteroatoms. The first kappa shape index (κ1) is 17.1. The highest BCUT2D eigenvalue weighted by Gasteiger charge is 2.06. The summed E-state index contributed by atoms with van der Waals surface area (Å²) in [6, 6.07) is 16.4. The fraction of sp³-hybridized carbons (Fsp3) is 0.182. The molecule has 2 heterocycles. The quantitative estimate of drug-likeness (QED) is 0.545. The molecule has 0 spiro atoms. The van der Waals surface area contributed by atoms with Crippen molar-refractivity contribution in [3.05, 3.63) is 88.4 Å². The van der Waals surface area contributed by atoms with Crippen LogP contribution < -0.4 is 5.69 Å². The summed E-state index contributed by atoms with van der Waals surface area (Å²) in [4.78, 5) is 16.7. The number of hydrogen-bond acceptors (Lipinski definition) is 2. The minimum absolute atomic E-state index is 0.00237. The van der Waals surface area contributed by atoms with Gasteiger partial charge in [-0.25, -0.2) is 9.78 Å². The smallest absolute Gasteiger partial charge is 0.325 e. The summed E-state index contributed by atoms with van der Waals surface area (Å²) in [6.07, 6.45) is 7.72. The van der Waals surface area contributed by atoms with Crippen molar-refractivity contribution < 1.29 is 0 Å². The van der Waals surface area contributed by atoms with Crippen molar-refractivity contribution in [2.75, 3.05) is 0 Å². The second kappa shape index (κ2) is 7.11. The van der Waals surface area contributed by atoms with Crippen LogP contribution in [0.2, 0.25) is 0 Å². The van der Waals surface area contributed by atoms with E-state index in [2.05, 4.69) is 54.0 Å². The Hall–Kier alpha value is -3.34. The average Bonchev–Trinajstić information content (AvgIpc) is 3.21. The van der Waals surface area contributed by atoms with Gasteiger partial charge in [0.25, 0.3) is 0 Å². The van der Waals surface area contributed by atoms with Gasteiger partial charge in [-0.1, -0.05) is 42.5 Å². The van der Waals surface area contributed by atoms with E-state index >= 15 is 0 Å². The van der Waals surface area contributed by atoms with E-state index in [9.17, 15) is 4.79 Å². The monoisotopic (exact) mass is 358 g/mol. The molecular weight excluding hydrogens is 336 g/mol. The molecule has 0 aliphatic carbocycles. The number of benzene rings is 2. The predicted octanol–water partition coefficient (Wildman–Crippen LogP) is 3.78. The second-order valence-corrected chi connectivity index (χ2v) is 6.60. The Balaban J connectivity index is 1.55. The molecule has 5 nitrogen and oxygen atoms in total. The molecular formula is C22H22N4O. The van der Waals surface area contributed by atoms with Crippen LogP contribution in [-0.2, 0) is 20.1 Å². The summed E-state index contributed by atoms with van der Waals surface area (Å²) in [5.74, 6) is 0.957. The maximum absolute atomic E-state index is 11.9. The summed E-state index contributed by atoms with van der Waals surface area (Å²) in [5.41, 5.74) is 4.37. The first-order valence-corrected chi connectivity index (χ1v) is 9.10. The first-order chi connectivity index (χ1) is 13.2. The number of imidazole rings is 2. The van der Waals surface area contributed by atoms with Gasteiger partial charge in [0, 0.05) is 26.0 Å². The average molecular weight is 358 g/mol. The molecule has 136 valence electrons. The molecule has 0 N–H and O–H groups in total. The van der Waals surface area contributed by atoms with E-state index in [-0.39, 0.29) is 5.69 Å². The van der Waals surface area contributed by atoms with E-state index in [4.69, 9.17) is 4.98 Å². The molecule has 0 fully saturated rings. The molecule has 4 aromatic rings. The van der Waals surface area contributed by atoms with E-state index in [1.54, 1.807) is 22.4 Å². The van der Waals surface area contributed by atoms with Crippen LogP contribution in [-0.4, -0.2) is 18.7 Å². The number of aromatic nitrogens is 4. The van der Waals surface area contributed by atoms with E-state index in [0.717, 1.165) is 34.5 Å². The fourth-order valence-corrected chi connectivity index (χ4v) is 3.29. The van der Waals surface area contributed by atoms with Gasteiger partial charge in [-0.3, -0.25) is 4.57 Å². The van der Waals surface area contributed by atoms with Crippen LogP contribution in [0.15, 0.2) is 65.7 Å². The normalized spacial score (nSPS) is 11.6. The van der Waals surface area contributed by atoms with E-state index in [1.807, 2.05) is 24.4 Å². The summed E-state index contributed by atoms with van der Waals surface area (Å²) >= 11 is 0. The maximum atomic E-state index is 11.9. The summed E-state index contributed by atoms with van der Waals surface area (Å²) in [6.45, 7) is 3.59. The van der Waals surface area contributed by atoms with Crippen LogP contribution in [0.4, 0.5) is 0 Å². The summed E-state index contributed by atoms with van der Waals surface area (Å²) in [5, 5.41) is 0. The van der Waals surface area contributed by atoms with Crippen molar-refractivity contribution in [2.45, 2.75) is 20.0 Å². The van der Waals surface area contributed by atoms with Crippen molar-refractivity contribution in [3.63, 3.8) is 0 Å². The molecule has 2 aromatic heterocycles. The Morgan fingerprint density at radius 3 is 2.48 bits per heavy atom. The molecule has 0 saturated carbocycles. The lowest BCUT2D eigenvalue weighted by Crippen LogP contribution is -2.22. The highest BCUT2D eigenvalue weighted by atomic mass is 16.1. The molecule has 0 unspecified atom stereocenters. The standard InChI is InChI=1S/C22H22N4O/c1-3-26-20-7-5-4-6-19(20)23-21(26)13-12-17-8-10-18(11-9-17)16-25-15-14-24(2)22(25)27/h4-15H,3,16H2,1-2H3/b13-12+. The molecule has 4 rings (SSSR count). The number of para-hydroxylation sites is 2. The van der Waals surface area contributed by atoms with Crippen LogP contribution >= 0.6 is 0 Å². The lowest BCUT2D eigenvalue weighted by atomic mass is 10.1. The third-order valence-corrected chi connectivity index (χ3v) is 4.78. The minimum Gasteiger partial charge on any atom is -0.325 e. The van der Waals surface area contributed by atoms with E-state index in [1.165, 1.54) is 0 Å². The molecule has 0 atom stereocenters. The van der Waals surface area contributed by atoms with Gasteiger partial charge >= 0.3 is 5.69 Å². The van der Waals surface area contributed by atoms with Gasteiger partial charge in [-0.2, -0.15) is 0 Å².